The van der Waals surface area contributed by atoms with E-state index in [0.717, 1.165) is 37.3 Å². The van der Waals surface area contributed by atoms with Gasteiger partial charge in [-0.25, -0.2) is 9.59 Å². The van der Waals surface area contributed by atoms with Crippen LogP contribution in [0.4, 0.5) is 18.9 Å². The van der Waals surface area contributed by atoms with Gasteiger partial charge in [-0.2, -0.15) is 5.26 Å². The maximum absolute atomic E-state index is 13.0. The van der Waals surface area contributed by atoms with Crippen LogP contribution in [-0.4, -0.2) is 32.5 Å². The Morgan fingerprint density at radius 2 is 1.71 bits per heavy atom. The van der Waals surface area contributed by atoms with Gasteiger partial charge in [0.05, 0.1) is 48.1 Å². The molecule has 0 fully saturated rings. The molecule has 1 atom stereocenters. The molecule has 1 aliphatic heterocycles. The number of nitriles is 1. The minimum absolute atomic E-state index is 0.111. The lowest BCUT2D eigenvalue weighted by atomic mass is 9.81. The van der Waals surface area contributed by atoms with Crippen LogP contribution in [0.1, 0.15) is 11.5 Å². The van der Waals surface area contributed by atoms with E-state index in [0.29, 0.717) is 5.56 Å². The monoisotopic (exact) mass is 507 g/mol. The van der Waals surface area contributed by atoms with E-state index >= 15 is 0 Å². The van der Waals surface area contributed by atoms with Crippen molar-refractivity contribution in [3.05, 3.63) is 81.8 Å². The highest BCUT2D eigenvalue weighted by atomic mass is 35.5. The van der Waals surface area contributed by atoms with Crippen molar-refractivity contribution in [3.8, 4) is 11.8 Å². The molecule has 8 nitrogen and oxygen atoms in total. The first-order chi connectivity index (χ1) is 16.5. The van der Waals surface area contributed by atoms with Crippen LogP contribution in [0.5, 0.6) is 5.75 Å². The largest absolute Gasteiger partial charge is 0.573 e. The Bertz CT molecular complexity index is 1270. The molecule has 0 aliphatic carbocycles. The van der Waals surface area contributed by atoms with Crippen molar-refractivity contribution in [1.82, 2.24) is 0 Å². The molecule has 0 saturated heterocycles. The van der Waals surface area contributed by atoms with E-state index < -0.39 is 35.7 Å². The number of hydrogen-bond acceptors (Lipinski definition) is 8. The summed E-state index contributed by atoms with van der Waals surface area (Å²) in [5.74, 6) is -4.02. The number of rotatable bonds is 5. The maximum atomic E-state index is 13.0. The molecule has 35 heavy (non-hydrogen) atoms. The fourth-order valence-corrected chi connectivity index (χ4v) is 3.88. The molecule has 0 radical (unpaired) electrons. The molecule has 0 bridgehead atoms. The Morgan fingerprint density at radius 3 is 2.23 bits per heavy atom. The summed E-state index contributed by atoms with van der Waals surface area (Å²) < 4.78 is 51.5. The molecule has 0 spiro atoms. The Balaban J connectivity index is 2.34. The standard InChI is InChI=1S/C23H17ClF3N3O5/c1-33-21(31)18-17(12-6-4-3-5-7-12)14(11-28)20(29)30(19(18)22(32)34-2)16-9-8-13(10-15(16)24)35-23(25,26)27/h3-10,17H,29H2,1-2H3. The van der Waals surface area contributed by atoms with Gasteiger partial charge >= 0.3 is 18.3 Å². The molecule has 0 aromatic heterocycles. The quantitative estimate of drug-likeness (QED) is 0.601. The van der Waals surface area contributed by atoms with Crippen LogP contribution < -0.4 is 15.4 Å². The van der Waals surface area contributed by atoms with E-state index in [9.17, 15) is 28.0 Å². The lowest BCUT2D eigenvalue weighted by Gasteiger charge is -2.36. The van der Waals surface area contributed by atoms with Crippen LogP contribution in [-0.2, 0) is 19.1 Å². The summed E-state index contributed by atoms with van der Waals surface area (Å²) in [5, 5.41) is 9.65. The van der Waals surface area contributed by atoms with Gasteiger partial charge in [0, 0.05) is 6.07 Å². The number of halogens is 4. The fourth-order valence-electron chi connectivity index (χ4n) is 3.63. The van der Waals surface area contributed by atoms with Gasteiger partial charge in [-0.05, 0) is 17.7 Å². The number of methoxy groups -OCH3 is 2. The third-order valence-corrected chi connectivity index (χ3v) is 5.31. The molecule has 12 heteroatoms. The Kier molecular flexibility index (Phi) is 7.26. The summed E-state index contributed by atoms with van der Waals surface area (Å²) in [6, 6.07) is 13.1. The zero-order valence-electron chi connectivity index (χ0n) is 18.2. The van der Waals surface area contributed by atoms with Crippen LogP contribution in [0.25, 0.3) is 0 Å². The van der Waals surface area contributed by atoms with E-state index in [2.05, 4.69) is 4.74 Å². The Labute approximate surface area is 202 Å². The van der Waals surface area contributed by atoms with Gasteiger partial charge in [-0.1, -0.05) is 41.9 Å². The molecule has 1 aliphatic rings. The Morgan fingerprint density at radius 1 is 1.09 bits per heavy atom. The van der Waals surface area contributed by atoms with E-state index in [4.69, 9.17) is 26.8 Å². The number of carbonyl (C=O) groups excluding carboxylic acids is 2. The lowest BCUT2D eigenvalue weighted by Crippen LogP contribution is -2.40. The lowest BCUT2D eigenvalue weighted by molar-refractivity contribution is -0.274. The van der Waals surface area contributed by atoms with Gasteiger partial charge in [-0.3, -0.25) is 4.90 Å². The summed E-state index contributed by atoms with van der Waals surface area (Å²) in [7, 11) is 2.14. The summed E-state index contributed by atoms with van der Waals surface area (Å²) in [4.78, 5) is 26.9. The summed E-state index contributed by atoms with van der Waals surface area (Å²) in [6.45, 7) is 0. The number of carbonyl (C=O) groups is 2. The number of nitrogens with two attached hydrogens (primary N) is 1. The fraction of sp³-hybridized carbons (Fsp3) is 0.174. The minimum atomic E-state index is -4.97. The number of allylic oxidation sites excluding steroid dienone is 1. The molecule has 2 aromatic carbocycles. The first-order valence-electron chi connectivity index (χ1n) is 9.75. The number of benzene rings is 2. The van der Waals surface area contributed by atoms with E-state index in [1.807, 2.05) is 6.07 Å². The normalized spacial score (nSPS) is 16.0. The molecule has 1 unspecified atom stereocenters. The number of hydrogen-bond donors (Lipinski definition) is 1. The summed E-state index contributed by atoms with van der Waals surface area (Å²) >= 11 is 6.23. The summed E-state index contributed by atoms with van der Waals surface area (Å²) in [5.41, 5.74) is 5.82. The molecule has 2 N–H and O–H groups in total. The van der Waals surface area contributed by atoms with Crippen LogP contribution >= 0.6 is 11.6 Å². The first-order valence-corrected chi connectivity index (χ1v) is 10.1. The minimum Gasteiger partial charge on any atom is -0.466 e. The van der Waals surface area contributed by atoms with E-state index in [1.54, 1.807) is 30.3 Å². The van der Waals surface area contributed by atoms with Gasteiger partial charge in [0.25, 0.3) is 0 Å². The average Bonchev–Trinajstić information content (AvgIpc) is 2.82. The third-order valence-electron chi connectivity index (χ3n) is 5.00. The molecule has 2 aromatic rings. The van der Waals surface area contributed by atoms with Crippen molar-refractivity contribution in [3.63, 3.8) is 0 Å². The van der Waals surface area contributed by atoms with Gasteiger partial charge in [0.1, 0.15) is 17.3 Å². The zero-order valence-corrected chi connectivity index (χ0v) is 19.0. The molecule has 3 rings (SSSR count). The number of esters is 2. The first kappa shape index (κ1) is 25.5. The van der Waals surface area contributed by atoms with Crippen molar-refractivity contribution >= 4 is 29.2 Å². The molecule has 1 heterocycles. The number of anilines is 1. The topological polar surface area (TPSA) is 115 Å². The van der Waals surface area contributed by atoms with E-state index in [1.165, 1.54) is 0 Å². The smallest absolute Gasteiger partial charge is 0.466 e. The average molecular weight is 508 g/mol. The van der Waals surface area contributed by atoms with Gasteiger partial charge < -0.3 is 19.9 Å². The molecular weight excluding hydrogens is 491 g/mol. The second-order valence-corrected chi connectivity index (χ2v) is 7.40. The second-order valence-electron chi connectivity index (χ2n) is 7.00. The van der Waals surface area contributed by atoms with Crippen molar-refractivity contribution in [1.29, 1.82) is 5.26 Å². The van der Waals surface area contributed by atoms with Crippen LogP contribution in [0, 0.1) is 11.3 Å². The predicted octanol–water partition coefficient (Wildman–Crippen LogP) is 4.14. The van der Waals surface area contributed by atoms with Crippen LogP contribution in [0.3, 0.4) is 0 Å². The highest BCUT2D eigenvalue weighted by molar-refractivity contribution is 6.33. The van der Waals surface area contributed by atoms with Crippen molar-refractivity contribution in [2.45, 2.75) is 12.3 Å². The van der Waals surface area contributed by atoms with Gasteiger partial charge in [-0.15, -0.1) is 13.2 Å². The number of nitrogens with zero attached hydrogens (tertiary/aromatic N) is 2. The van der Waals surface area contributed by atoms with Gasteiger partial charge in [0.15, 0.2) is 0 Å². The molecule has 0 amide bonds. The zero-order chi connectivity index (χ0) is 25.9. The molecular formula is C23H17ClF3N3O5. The SMILES string of the molecule is COC(=O)C1=C(C(=O)OC)N(c2ccc(OC(F)(F)F)cc2Cl)C(N)=C(C#N)C1c1ccccc1. The maximum Gasteiger partial charge on any atom is 0.573 e. The molecule has 182 valence electrons. The highest BCUT2D eigenvalue weighted by Gasteiger charge is 2.43. The van der Waals surface area contributed by atoms with E-state index in [-0.39, 0.29) is 27.7 Å². The number of ether oxygens (including phenoxy) is 3. The van der Waals surface area contributed by atoms with Crippen molar-refractivity contribution < 1.29 is 37.0 Å². The Hall–Kier alpha value is -4.17. The number of alkyl halides is 3. The second kappa shape index (κ2) is 9.99. The van der Waals surface area contributed by atoms with Crippen molar-refractivity contribution in [2.75, 3.05) is 19.1 Å². The predicted molar refractivity (Wildman–Crippen MR) is 118 cm³/mol. The van der Waals surface area contributed by atoms with Crippen LogP contribution in [0.2, 0.25) is 5.02 Å². The van der Waals surface area contributed by atoms with Crippen LogP contribution in [0.15, 0.2) is 71.2 Å². The van der Waals surface area contributed by atoms with Gasteiger partial charge in [0.2, 0.25) is 0 Å². The summed E-state index contributed by atoms with van der Waals surface area (Å²) in [6.07, 6.45) is -4.97. The van der Waals surface area contributed by atoms with Crippen molar-refractivity contribution in [2.24, 2.45) is 5.73 Å². The highest BCUT2D eigenvalue weighted by Crippen LogP contribution is 2.45. The molecule has 0 saturated carbocycles. The third kappa shape index (κ3) is 5.02.